The number of hydrogen-bond donors (Lipinski definition) is 2. The van der Waals surface area contributed by atoms with Crippen LogP contribution in [0.15, 0.2) is 29.3 Å². The zero-order valence-electron chi connectivity index (χ0n) is 14.9. The number of aromatic nitrogens is 4. The van der Waals surface area contributed by atoms with Gasteiger partial charge in [-0.25, -0.2) is 9.48 Å². The minimum Gasteiger partial charge on any atom is -0.444 e. The van der Waals surface area contributed by atoms with Gasteiger partial charge in [0.05, 0.1) is 18.9 Å². The number of tetrazole rings is 1. The van der Waals surface area contributed by atoms with Gasteiger partial charge in [0.1, 0.15) is 6.10 Å². The van der Waals surface area contributed by atoms with Gasteiger partial charge in [-0.3, -0.25) is 10.3 Å². The second kappa shape index (κ2) is 7.28. The number of nitrogens with zero attached hydrogens (tertiary/aromatic N) is 5. The summed E-state index contributed by atoms with van der Waals surface area (Å²) in [7, 11) is 1.80. The highest BCUT2D eigenvalue weighted by molar-refractivity contribution is 6.01. The van der Waals surface area contributed by atoms with Gasteiger partial charge in [0.25, 0.3) is 0 Å². The lowest BCUT2D eigenvalue weighted by atomic mass is 9.96. The number of cyclic esters (lactones) is 1. The SMILES string of the molecule is Cn1nnnc1C1=NCC(c2ccc3c(c2)CCC(CO)OC(=O)N3)=CC1. The van der Waals surface area contributed by atoms with Gasteiger partial charge >= 0.3 is 6.09 Å². The molecule has 1 amide bonds. The Labute approximate surface area is 155 Å². The number of carbonyl (C=O) groups is 1. The van der Waals surface area contributed by atoms with Crippen molar-refractivity contribution in [3.8, 4) is 0 Å². The smallest absolute Gasteiger partial charge is 0.411 e. The molecule has 1 aromatic carbocycles. The number of dihydropyridines is 1. The van der Waals surface area contributed by atoms with E-state index in [9.17, 15) is 9.90 Å². The van der Waals surface area contributed by atoms with Crippen LogP contribution in [-0.2, 0) is 18.2 Å². The van der Waals surface area contributed by atoms with Crippen LogP contribution in [0.5, 0.6) is 0 Å². The molecule has 2 N–H and O–H groups in total. The number of aliphatic hydroxyl groups excluding tert-OH is 1. The molecule has 0 radical (unpaired) electrons. The quantitative estimate of drug-likeness (QED) is 0.845. The topological polar surface area (TPSA) is 115 Å². The number of aliphatic hydroxyl groups is 1. The third-order valence-electron chi connectivity index (χ3n) is 4.79. The van der Waals surface area contributed by atoms with E-state index in [4.69, 9.17) is 4.74 Å². The maximum absolute atomic E-state index is 11.8. The Morgan fingerprint density at radius 2 is 2.30 bits per heavy atom. The minimum atomic E-state index is -0.536. The summed E-state index contributed by atoms with van der Waals surface area (Å²) in [6, 6.07) is 5.93. The molecule has 2 aliphatic heterocycles. The summed E-state index contributed by atoms with van der Waals surface area (Å²) in [6.45, 7) is 0.373. The molecule has 4 rings (SSSR count). The Kier molecular flexibility index (Phi) is 4.68. The first-order valence-electron chi connectivity index (χ1n) is 8.81. The van der Waals surface area contributed by atoms with Crippen LogP contribution in [0, 0.1) is 0 Å². The number of benzene rings is 1. The largest absolute Gasteiger partial charge is 0.444 e. The van der Waals surface area contributed by atoms with Crippen molar-refractivity contribution in [3.63, 3.8) is 0 Å². The molecule has 9 nitrogen and oxygen atoms in total. The number of hydrogen-bond acceptors (Lipinski definition) is 7. The number of carbonyl (C=O) groups excluding carboxylic acids is 1. The maximum Gasteiger partial charge on any atom is 0.411 e. The van der Waals surface area contributed by atoms with Crippen LogP contribution in [0.3, 0.4) is 0 Å². The van der Waals surface area contributed by atoms with Gasteiger partial charge in [-0.2, -0.15) is 0 Å². The molecule has 1 unspecified atom stereocenters. The van der Waals surface area contributed by atoms with E-state index in [2.05, 4.69) is 38.0 Å². The van der Waals surface area contributed by atoms with Gasteiger partial charge in [-0.15, -0.1) is 5.10 Å². The number of nitrogens with one attached hydrogen (secondary N) is 1. The molecule has 0 saturated heterocycles. The van der Waals surface area contributed by atoms with Crippen LogP contribution < -0.4 is 5.32 Å². The van der Waals surface area contributed by atoms with Crippen molar-refractivity contribution in [2.45, 2.75) is 25.4 Å². The lowest BCUT2D eigenvalue weighted by Crippen LogP contribution is -2.28. The lowest BCUT2D eigenvalue weighted by molar-refractivity contribution is 0.0607. The van der Waals surface area contributed by atoms with Gasteiger partial charge < -0.3 is 9.84 Å². The van der Waals surface area contributed by atoms with E-state index in [1.54, 1.807) is 11.7 Å². The summed E-state index contributed by atoms with van der Waals surface area (Å²) in [5.74, 6) is 0.682. The molecule has 140 valence electrons. The predicted octanol–water partition coefficient (Wildman–Crippen LogP) is 1.34. The minimum absolute atomic E-state index is 0.179. The second-order valence-corrected chi connectivity index (χ2v) is 6.57. The molecule has 0 bridgehead atoms. The van der Waals surface area contributed by atoms with Gasteiger partial charge in [0, 0.05) is 19.2 Å². The number of anilines is 1. The van der Waals surface area contributed by atoms with Crippen molar-refractivity contribution < 1.29 is 14.6 Å². The highest BCUT2D eigenvalue weighted by Gasteiger charge is 2.21. The van der Waals surface area contributed by atoms with Gasteiger partial charge in [-0.05, 0) is 52.1 Å². The number of allylic oxidation sites excluding steroid dienone is 1. The number of aryl methyl sites for hydroxylation is 2. The summed E-state index contributed by atoms with van der Waals surface area (Å²) in [6.07, 6.45) is 3.08. The highest BCUT2D eigenvalue weighted by Crippen LogP contribution is 2.28. The number of amides is 1. The predicted molar refractivity (Wildman–Crippen MR) is 98.5 cm³/mol. The summed E-state index contributed by atoms with van der Waals surface area (Å²) >= 11 is 0. The van der Waals surface area contributed by atoms with Crippen LogP contribution in [-0.4, -0.2) is 56.4 Å². The summed E-state index contributed by atoms with van der Waals surface area (Å²) in [4.78, 5) is 16.5. The Bertz CT molecular complexity index is 933. The van der Waals surface area contributed by atoms with Gasteiger partial charge in [-0.1, -0.05) is 12.1 Å². The molecular weight excluding hydrogens is 348 g/mol. The monoisotopic (exact) mass is 368 g/mol. The third kappa shape index (κ3) is 3.59. The maximum atomic E-state index is 11.8. The molecule has 0 fully saturated rings. The molecule has 0 spiro atoms. The van der Waals surface area contributed by atoms with Crippen LogP contribution in [0.25, 0.3) is 5.57 Å². The molecule has 9 heteroatoms. The average Bonchev–Trinajstić information content (AvgIpc) is 3.10. The van der Waals surface area contributed by atoms with Crippen LogP contribution in [0.1, 0.15) is 29.8 Å². The van der Waals surface area contributed by atoms with Crippen molar-refractivity contribution in [2.24, 2.45) is 12.0 Å². The highest BCUT2D eigenvalue weighted by atomic mass is 16.6. The summed E-state index contributed by atoms with van der Waals surface area (Å²) in [5.41, 5.74) is 4.83. The first-order valence-corrected chi connectivity index (χ1v) is 8.81. The lowest BCUT2D eigenvalue weighted by Gasteiger charge is -2.22. The van der Waals surface area contributed by atoms with E-state index < -0.39 is 12.2 Å². The van der Waals surface area contributed by atoms with E-state index in [0.717, 1.165) is 28.1 Å². The summed E-state index contributed by atoms with van der Waals surface area (Å²) in [5, 5.41) is 23.6. The number of fused-ring (bicyclic) bond motifs is 1. The van der Waals surface area contributed by atoms with Gasteiger partial charge in [0.15, 0.2) is 5.82 Å². The van der Waals surface area contributed by atoms with Crippen LogP contribution in [0.4, 0.5) is 10.5 Å². The van der Waals surface area contributed by atoms with Crippen molar-refractivity contribution >= 4 is 23.1 Å². The molecular formula is C18H20N6O3. The zero-order valence-corrected chi connectivity index (χ0v) is 14.9. The Morgan fingerprint density at radius 3 is 3.00 bits per heavy atom. The molecule has 2 aromatic rings. The van der Waals surface area contributed by atoms with Crippen molar-refractivity contribution in [1.29, 1.82) is 0 Å². The Hall–Kier alpha value is -3.07. The first kappa shape index (κ1) is 17.3. The van der Waals surface area contributed by atoms with E-state index in [1.165, 1.54) is 0 Å². The van der Waals surface area contributed by atoms with Crippen molar-refractivity contribution in [3.05, 3.63) is 41.2 Å². The standard InChI is InChI=1S/C18H20N6O3/c1-24-17(21-22-23-24)16-7-4-13(9-19-16)11-3-6-15-12(8-11)2-5-14(10-25)27-18(26)20-15/h3-4,6,8,14,25H,2,5,7,9-10H2,1H3,(H,20,26). The van der Waals surface area contributed by atoms with Crippen LogP contribution >= 0.6 is 0 Å². The molecule has 0 saturated carbocycles. The van der Waals surface area contributed by atoms with Crippen molar-refractivity contribution in [2.75, 3.05) is 18.5 Å². The molecule has 2 aliphatic rings. The second-order valence-electron chi connectivity index (χ2n) is 6.57. The van der Waals surface area contributed by atoms with Gasteiger partial charge in [0.2, 0.25) is 0 Å². The molecule has 3 heterocycles. The number of ether oxygens (including phenoxy) is 1. The number of rotatable bonds is 3. The van der Waals surface area contributed by atoms with E-state index in [1.807, 2.05) is 12.1 Å². The first-order chi connectivity index (χ1) is 13.1. The molecule has 1 atom stereocenters. The molecule has 1 aromatic heterocycles. The summed E-state index contributed by atoms with van der Waals surface area (Å²) < 4.78 is 6.77. The molecule has 0 aliphatic carbocycles. The normalized spacial score (nSPS) is 19.8. The number of aliphatic imine (C=N–C) groups is 1. The van der Waals surface area contributed by atoms with E-state index in [-0.39, 0.29) is 6.61 Å². The van der Waals surface area contributed by atoms with E-state index in [0.29, 0.717) is 31.6 Å². The zero-order chi connectivity index (χ0) is 18.8. The fourth-order valence-corrected chi connectivity index (χ4v) is 3.29. The van der Waals surface area contributed by atoms with E-state index >= 15 is 0 Å². The van der Waals surface area contributed by atoms with Crippen LogP contribution in [0.2, 0.25) is 0 Å². The third-order valence-corrected chi connectivity index (χ3v) is 4.79. The average molecular weight is 368 g/mol. The molecule has 27 heavy (non-hydrogen) atoms. The Balaban J connectivity index is 1.54. The fourth-order valence-electron chi connectivity index (χ4n) is 3.29. The van der Waals surface area contributed by atoms with Crippen molar-refractivity contribution in [1.82, 2.24) is 20.2 Å². The Morgan fingerprint density at radius 1 is 1.41 bits per heavy atom. The fraction of sp³-hybridized carbons (Fsp3) is 0.389.